The van der Waals surface area contributed by atoms with Crippen LogP contribution in [0.15, 0.2) is 12.2 Å². The van der Waals surface area contributed by atoms with Crippen LogP contribution in [0.4, 0.5) is 8.78 Å². The highest BCUT2D eigenvalue weighted by Crippen LogP contribution is 2.39. The lowest BCUT2D eigenvalue weighted by Gasteiger charge is -2.23. The van der Waals surface area contributed by atoms with Crippen LogP contribution in [-0.4, -0.2) is 45.2 Å². The molecular formula is C22H36F2O5. The lowest BCUT2D eigenvalue weighted by atomic mass is 9.85. The van der Waals surface area contributed by atoms with E-state index in [0.29, 0.717) is 25.7 Å². The van der Waals surface area contributed by atoms with E-state index in [1.807, 2.05) is 12.2 Å². The first kappa shape index (κ1) is 25.7. The van der Waals surface area contributed by atoms with Crippen molar-refractivity contribution in [2.24, 2.45) is 11.8 Å². The highest BCUT2D eigenvalue weighted by atomic mass is 19.3. The van der Waals surface area contributed by atoms with Crippen LogP contribution in [0.5, 0.6) is 0 Å². The standard InChI is InChI=1S/C22H36F2O5/c1-2-3-14-22(23,24)20(27)13-12-17-16(18(25)15-19(17)26)10-8-6-4-5-7-9-11-21(28)29/h6,8,16-19,25-26H,2-5,7,9-15H2,1H3,(H,28,29)/b8-6+. The highest BCUT2D eigenvalue weighted by Gasteiger charge is 2.43. The minimum atomic E-state index is -3.31. The van der Waals surface area contributed by atoms with Gasteiger partial charge in [0.15, 0.2) is 0 Å². The number of aliphatic hydroxyl groups excluding tert-OH is 2. The second-order valence-electron chi connectivity index (χ2n) is 8.17. The zero-order valence-corrected chi connectivity index (χ0v) is 17.4. The molecule has 0 aromatic heterocycles. The van der Waals surface area contributed by atoms with Crippen LogP contribution in [0.25, 0.3) is 0 Å². The summed E-state index contributed by atoms with van der Waals surface area (Å²) >= 11 is 0. The van der Waals surface area contributed by atoms with Gasteiger partial charge in [-0.1, -0.05) is 31.9 Å². The quantitative estimate of drug-likeness (QED) is 0.269. The van der Waals surface area contributed by atoms with Crippen molar-refractivity contribution in [3.8, 4) is 0 Å². The van der Waals surface area contributed by atoms with E-state index in [1.165, 1.54) is 0 Å². The third-order valence-electron chi connectivity index (χ3n) is 5.81. The molecule has 0 saturated heterocycles. The molecule has 7 heteroatoms. The average Bonchev–Trinajstić information content (AvgIpc) is 2.92. The Morgan fingerprint density at radius 2 is 1.69 bits per heavy atom. The largest absolute Gasteiger partial charge is 0.481 e. The predicted octanol–water partition coefficient (Wildman–Crippen LogP) is 4.50. The summed E-state index contributed by atoms with van der Waals surface area (Å²) in [5, 5.41) is 29.0. The van der Waals surface area contributed by atoms with E-state index in [-0.39, 0.29) is 37.5 Å². The maximum atomic E-state index is 13.9. The smallest absolute Gasteiger partial charge is 0.305 e. The lowest BCUT2D eigenvalue weighted by molar-refractivity contribution is -0.144. The van der Waals surface area contributed by atoms with Gasteiger partial charge in [-0.2, -0.15) is 8.78 Å². The number of carbonyl (C=O) groups excluding carboxylic acids is 1. The number of carboxylic acids is 1. The first-order valence-corrected chi connectivity index (χ1v) is 10.8. The monoisotopic (exact) mass is 418 g/mol. The summed E-state index contributed by atoms with van der Waals surface area (Å²) in [5.41, 5.74) is 0. The van der Waals surface area contributed by atoms with Crippen LogP contribution in [0.2, 0.25) is 0 Å². The SMILES string of the molecule is CCCCC(F)(F)C(=O)CCC1C(O)CC(O)C1C/C=C/CCCCCC(=O)O. The number of carbonyl (C=O) groups is 2. The molecule has 168 valence electrons. The third kappa shape index (κ3) is 9.34. The van der Waals surface area contributed by atoms with E-state index >= 15 is 0 Å². The summed E-state index contributed by atoms with van der Waals surface area (Å²) < 4.78 is 27.7. The van der Waals surface area contributed by atoms with E-state index in [0.717, 1.165) is 19.3 Å². The fraction of sp³-hybridized carbons (Fsp3) is 0.818. The number of halogens is 2. The summed E-state index contributed by atoms with van der Waals surface area (Å²) in [6, 6.07) is 0. The van der Waals surface area contributed by atoms with Crippen molar-refractivity contribution < 1.29 is 33.7 Å². The molecule has 0 bridgehead atoms. The van der Waals surface area contributed by atoms with Crippen LogP contribution in [0, 0.1) is 11.8 Å². The zero-order valence-electron chi connectivity index (χ0n) is 17.4. The number of allylic oxidation sites excluding steroid dienone is 2. The molecule has 5 nitrogen and oxygen atoms in total. The van der Waals surface area contributed by atoms with Crippen LogP contribution >= 0.6 is 0 Å². The van der Waals surface area contributed by atoms with Gasteiger partial charge in [0.1, 0.15) is 0 Å². The Kier molecular flexibility index (Phi) is 11.6. The molecule has 1 fully saturated rings. The number of Topliss-reactive ketones (excluding diaryl/α,β-unsaturated/α-hetero) is 1. The van der Waals surface area contributed by atoms with Gasteiger partial charge in [-0.25, -0.2) is 0 Å². The van der Waals surface area contributed by atoms with Gasteiger partial charge < -0.3 is 15.3 Å². The van der Waals surface area contributed by atoms with E-state index in [4.69, 9.17) is 5.11 Å². The number of hydrogen-bond donors (Lipinski definition) is 3. The number of ketones is 1. The Balaban J connectivity index is 2.43. The van der Waals surface area contributed by atoms with Crippen LogP contribution < -0.4 is 0 Å². The van der Waals surface area contributed by atoms with Crippen molar-refractivity contribution in [3.63, 3.8) is 0 Å². The summed E-state index contributed by atoms with van der Waals surface area (Å²) in [5.74, 6) is -5.78. The van der Waals surface area contributed by atoms with Crippen molar-refractivity contribution in [1.82, 2.24) is 0 Å². The molecule has 3 N–H and O–H groups in total. The van der Waals surface area contributed by atoms with Crippen molar-refractivity contribution in [2.45, 2.75) is 102 Å². The van der Waals surface area contributed by atoms with E-state index < -0.39 is 36.3 Å². The second-order valence-corrected chi connectivity index (χ2v) is 8.17. The molecule has 1 aliphatic rings. The third-order valence-corrected chi connectivity index (χ3v) is 5.81. The fourth-order valence-electron chi connectivity index (χ4n) is 4.01. The predicted molar refractivity (Wildman–Crippen MR) is 107 cm³/mol. The van der Waals surface area contributed by atoms with Gasteiger partial charge in [-0.15, -0.1) is 0 Å². The van der Waals surface area contributed by atoms with Gasteiger partial charge in [0.2, 0.25) is 5.78 Å². The first-order chi connectivity index (χ1) is 13.7. The molecule has 1 aliphatic carbocycles. The van der Waals surface area contributed by atoms with Crippen molar-refractivity contribution >= 4 is 11.8 Å². The van der Waals surface area contributed by atoms with Crippen LogP contribution in [0.3, 0.4) is 0 Å². The molecule has 0 spiro atoms. The minimum Gasteiger partial charge on any atom is -0.481 e. The summed E-state index contributed by atoms with van der Waals surface area (Å²) in [6.45, 7) is 1.80. The van der Waals surface area contributed by atoms with Gasteiger partial charge in [-0.05, 0) is 56.8 Å². The van der Waals surface area contributed by atoms with Crippen LogP contribution in [-0.2, 0) is 9.59 Å². The first-order valence-electron chi connectivity index (χ1n) is 10.8. The number of alkyl halides is 2. The van der Waals surface area contributed by atoms with Crippen molar-refractivity contribution in [3.05, 3.63) is 12.2 Å². The molecule has 4 atom stereocenters. The number of aliphatic hydroxyl groups is 2. The van der Waals surface area contributed by atoms with Crippen LogP contribution in [0.1, 0.15) is 84.0 Å². The summed E-state index contributed by atoms with van der Waals surface area (Å²) in [7, 11) is 0. The van der Waals surface area contributed by atoms with Crippen molar-refractivity contribution in [1.29, 1.82) is 0 Å². The molecule has 1 rings (SSSR count). The molecule has 0 heterocycles. The van der Waals surface area contributed by atoms with Gasteiger partial charge in [0, 0.05) is 19.3 Å². The Labute approximate surface area is 172 Å². The van der Waals surface area contributed by atoms with E-state index in [9.17, 15) is 28.6 Å². The molecule has 0 aliphatic heterocycles. The number of rotatable bonds is 15. The lowest BCUT2D eigenvalue weighted by Crippen LogP contribution is -2.30. The number of hydrogen-bond acceptors (Lipinski definition) is 4. The second kappa shape index (κ2) is 13.1. The van der Waals surface area contributed by atoms with Gasteiger partial charge >= 0.3 is 11.9 Å². The van der Waals surface area contributed by atoms with Gasteiger partial charge in [0.25, 0.3) is 0 Å². The highest BCUT2D eigenvalue weighted by molar-refractivity contribution is 5.85. The molecule has 0 aromatic rings. The van der Waals surface area contributed by atoms with E-state index in [2.05, 4.69) is 0 Å². The molecule has 29 heavy (non-hydrogen) atoms. The number of aliphatic carboxylic acids is 1. The molecule has 1 saturated carbocycles. The molecule has 0 aromatic carbocycles. The fourth-order valence-corrected chi connectivity index (χ4v) is 4.01. The molecule has 0 amide bonds. The molecular weight excluding hydrogens is 382 g/mol. The Bertz CT molecular complexity index is 535. The topological polar surface area (TPSA) is 94.8 Å². The summed E-state index contributed by atoms with van der Waals surface area (Å²) in [4.78, 5) is 22.4. The van der Waals surface area contributed by atoms with Gasteiger partial charge in [0.05, 0.1) is 12.2 Å². The molecule has 0 radical (unpaired) electrons. The Morgan fingerprint density at radius 3 is 2.34 bits per heavy atom. The molecule has 4 unspecified atom stereocenters. The Hall–Kier alpha value is -1.34. The van der Waals surface area contributed by atoms with Crippen molar-refractivity contribution in [2.75, 3.05) is 0 Å². The van der Waals surface area contributed by atoms with E-state index in [1.54, 1.807) is 6.92 Å². The number of carboxylic acid groups (broad SMARTS) is 1. The maximum Gasteiger partial charge on any atom is 0.305 e. The van der Waals surface area contributed by atoms with Gasteiger partial charge in [-0.3, -0.25) is 9.59 Å². The summed E-state index contributed by atoms with van der Waals surface area (Å²) in [6.07, 6.45) is 6.83. The average molecular weight is 419 g/mol. The maximum absolute atomic E-state index is 13.9. The normalized spacial score (nSPS) is 25.0. The minimum absolute atomic E-state index is 0.159. The Morgan fingerprint density at radius 1 is 1.00 bits per heavy atom. The number of unbranched alkanes of at least 4 members (excludes halogenated alkanes) is 4. The zero-order chi connectivity index (χ0) is 21.9.